The van der Waals surface area contributed by atoms with E-state index in [9.17, 15) is 0 Å². The number of aliphatic imine (C=N–C) groups is 1. The molecule has 0 bridgehead atoms. The fraction of sp³-hybridized carbons (Fsp3) is 0.682. The van der Waals surface area contributed by atoms with Crippen molar-refractivity contribution in [2.45, 2.75) is 38.3 Å². The number of benzene rings is 1. The zero-order chi connectivity index (χ0) is 20.5. The highest BCUT2D eigenvalue weighted by molar-refractivity contribution is 5.80. The van der Waals surface area contributed by atoms with Gasteiger partial charge in [0.05, 0.1) is 20.3 Å². The van der Waals surface area contributed by atoms with Crippen molar-refractivity contribution < 1.29 is 14.2 Å². The highest BCUT2D eigenvalue weighted by Gasteiger charge is 2.24. The summed E-state index contributed by atoms with van der Waals surface area (Å²) in [5.74, 6) is 3.23. The quantitative estimate of drug-likeness (QED) is 0.511. The summed E-state index contributed by atoms with van der Waals surface area (Å²) >= 11 is 0. The topological polar surface area (TPSA) is 67.4 Å². The Morgan fingerprint density at radius 1 is 1.21 bits per heavy atom. The lowest BCUT2D eigenvalue weighted by atomic mass is 10.0. The molecule has 162 valence electrons. The Morgan fingerprint density at radius 3 is 2.55 bits per heavy atom. The van der Waals surface area contributed by atoms with Gasteiger partial charge in [-0.2, -0.15) is 0 Å². The molecule has 2 saturated heterocycles. The lowest BCUT2D eigenvalue weighted by Gasteiger charge is -2.34. The molecule has 0 spiro atoms. The zero-order valence-corrected chi connectivity index (χ0v) is 18.0. The maximum atomic E-state index is 5.96. The standard InChI is InChI=1S/C22H36N4O3/c1-17(29-21-6-4-20(27-3)5-7-21)14-24-22(23-2)25-19-8-11-26(12-9-19)15-18-10-13-28-16-18/h4-7,17-19H,8-16H2,1-3H3,(H2,23,24,25). The first-order valence-corrected chi connectivity index (χ1v) is 10.7. The SMILES string of the molecule is CN=C(NCC(C)Oc1ccc(OC)cc1)NC1CCN(CC2CCOC2)CC1. The Labute approximate surface area is 174 Å². The first-order chi connectivity index (χ1) is 14.2. The number of nitrogens with zero attached hydrogens (tertiary/aromatic N) is 2. The summed E-state index contributed by atoms with van der Waals surface area (Å²) in [7, 11) is 3.48. The third kappa shape index (κ3) is 7.08. The van der Waals surface area contributed by atoms with Crippen molar-refractivity contribution in [2.75, 3.05) is 53.6 Å². The van der Waals surface area contributed by atoms with Crippen LogP contribution in [-0.4, -0.2) is 76.6 Å². The van der Waals surface area contributed by atoms with Crippen molar-refractivity contribution in [1.29, 1.82) is 0 Å². The summed E-state index contributed by atoms with van der Waals surface area (Å²) in [5.41, 5.74) is 0. The van der Waals surface area contributed by atoms with Crippen molar-refractivity contribution in [3.05, 3.63) is 24.3 Å². The Bertz CT molecular complexity index is 623. The molecule has 2 fully saturated rings. The average Bonchev–Trinajstić information content (AvgIpc) is 3.26. The number of piperidine rings is 1. The van der Waals surface area contributed by atoms with Gasteiger partial charge < -0.3 is 29.7 Å². The molecule has 2 heterocycles. The van der Waals surface area contributed by atoms with Crippen molar-refractivity contribution in [1.82, 2.24) is 15.5 Å². The van der Waals surface area contributed by atoms with Gasteiger partial charge >= 0.3 is 0 Å². The van der Waals surface area contributed by atoms with E-state index in [2.05, 4.69) is 27.4 Å². The predicted molar refractivity (Wildman–Crippen MR) is 116 cm³/mol. The molecule has 2 N–H and O–H groups in total. The van der Waals surface area contributed by atoms with Crippen LogP contribution in [0, 0.1) is 5.92 Å². The first kappa shape index (κ1) is 21.7. The number of likely N-dealkylation sites (tertiary alicyclic amines) is 1. The van der Waals surface area contributed by atoms with Gasteiger partial charge in [0.1, 0.15) is 17.6 Å². The molecule has 29 heavy (non-hydrogen) atoms. The minimum atomic E-state index is 0.0254. The Kier molecular flexibility index (Phi) is 8.43. The van der Waals surface area contributed by atoms with Gasteiger partial charge in [-0.05, 0) is 56.4 Å². The van der Waals surface area contributed by atoms with Gasteiger partial charge in [0.2, 0.25) is 0 Å². The highest BCUT2D eigenvalue weighted by Crippen LogP contribution is 2.19. The second-order valence-corrected chi connectivity index (χ2v) is 8.01. The molecule has 1 aromatic rings. The molecule has 0 aromatic heterocycles. The van der Waals surface area contributed by atoms with E-state index in [4.69, 9.17) is 14.2 Å². The van der Waals surface area contributed by atoms with Crippen molar-refractivity contribution in [3.8, 4) is 11.5 Å². The van der Waals surface area contributed by atoms with Crippen LogP contribution in [0.1, 0.15) is 26.2 Å². The summed E-state index contributed by atoms with van der Waals surface area (Å²) in [4.78, 5) is 6.96. The molecular weight excluding hydrogens is 368 g/mol. The van der Waals surface area contributed by atoms with E-state index >= 15 is 0 Å². The molecule has 0 radical (unpaired) electrons. The van der Waals surface area contributed by atoms with Crippen LogP contribution in [0.2, 0.25) is 0 Å². The molecule has 2 aliphatic heterocycles. The van der Waals surface area contributed by atoms with E-state index < -0.39 is 0 Å². The number of hydrogen-bond acceptors (Lipinski definition) is 5. The summed E-state index contributed by atoms with van der Waals surface area (Å²) in [6, 6.07) is 8.13. The maximum Gasteiger partial charge on any atom is 0.191 e. The Hall–Kier alpha value is -1.99. The number of hydrogen-bond donors (Lipinski definition) is 2. The zero-order valence-electron chi connectivity index (χ0n) is 18.0. The first-order valence-electron chi connectivity index (χ1n) is 10.7. The average molecular weight is 405 g/mol. The van der Waals surface area contributed by atoms with Gasteiger partial charge in [0.25, 0.3) is 0 Å². The summed E-state index contributed by atoms with van der Waals surface area (Å²) in [6.07, 6.45) is 3.53. The smallest absolute Gasteiger partial charge is 0.191 e. The number of rotatable bonds is 8. The largest absolute Gasteiger partial charge is 0.497 e. The van der Waals surface area contributed by atoms with Crippen LogP contribution in [0.3, 0.4) is 0 Å². The lowest BCUT2D eigenvalue weighted by Crippen LogP contribution is -2.50. The normalized spacial score (nSPS) is 22.3. The molecule has 0 amide bonds. The number of nitrogens with one attached hydrogen (secondary N) is 2. The van der Waals surface area contributed by atoms with E-state index in [-0.39, 0.29) is 6.10 Å². The van der Waals surface area contributed by atoms with E-state index in [1.807, 2.05) is 31.3 Å². The molecule has 2 atom stereocenters. The molecule has 0 aliphatic carbocycles. The third-order valence-corrected chi connectivity index (χ3v) is 5.65. The molecular formula is C22H36N4O3. The van der Waals surface area contributed by atoms with Crippen molar-refractivity contribution in [2.24, 2.45) is 10.9 Å². The summed E-state index contributed by atoms with van der Waals surface area (Å²) < 4.78 is 16.6. The number of ether oxygens (including phenoxy) is 3. The van der Waals surface area contributed by atoms with E-state index in [0.29, 0.717) is 12.6 Å². The number of guanidine groups is 1. The minimum absolute atomic E-state index is 0.0254. The van der Waals surface area contributed by atoms with E-state index in [1.54, 1.807) is 7.11 Å². The molecule has 2 aliphatic rings. The van der Waals surface area contributed by atoms with Gasteiger partial charge in [-0.25, -0.2) is 0 Å². The van der Waals surface area contributed by atoms with E-state index in [1.165, 1.54) is 13.0 Å². The van der Waals surface area contributed by atoms with Gasteiger partial charge in [-0.3, -0.25) is 4.99 Å². The van der Waals surface area contributed by atoms with Crippen LogP contribution in [0.5, 0.6) is 11.5 Å². The molecule has 7 nitrogen and oxygen atoms in total. The van der Waals surface area contributed by atoms with Gasteiger partial charge in [0.15, 0.2) is 5.96 Å². The van der Waals surface area contributed by atoms with E-state index in [0.717, 1.165) is 62.5 Å². The Morgan fingerprint density at radius 2 is 1.93 bits per heavy atom. The fourth-order valence-corrected chi connectivity index (χ4v) is 3.91. The second-order valence-electron chi connectivity index (χ2n) is 8.01. The van der Waals surface area contributed by atoms with Gasteiger partial charge in [-0.1, -0.05) is 0 Å². The van der Waals surface area contributed by atoms with Gasteiger partial charge in [0, 0.05) is 39.3 Å². The molecule has 0 saturated carbocycles. The molecule has 2 unspecified atom stereocenters. The van der Waals surface area contributed by atoms with Crippen LogP contribution in [0.25, 0.3) is 0 Å². The fourth-order valence-electron chi connectivity index (χ4n) is 3.91. The van der Waals surface area contributed by atoms with Crippen LogP contribution in [0.4, 0.5) is 0 Å². The second kappa shape index (κ2) is 11.3. The van der Waals surface area contributed by atoms with Crippen LogP contribution >= 0.6 is 0 Å². The molecule has 1 aromatic carbocycles. The van der Waals surface area contributed by atoms with Crippen molar-refractivity contribution >= 4 is 5.96 Å². The molecule has 3 rings (SSSR count). The number of methoxy groups -OCH3 is 1. The monoisotopic (exact) mass is 404 g/mol. The van der Waals surface area contributed by atoms with Crippen LogP contribution < -0.4 is 20.1 Å². The minimum Gasteiger partial charge on any atom is -0.497 e. The maximum absolute atomic E-state index is 5.96. The van der Waals surface area contributed by atoms with Crippen molar-refractivity contribution in [3.63, 3.8) is 0 Å². The Balaban J connectivity index is 1.34. The lowest BCUT2D eigenvalue weighted by molar-refractivity contribution is 0.150. The highest BCUT2D eigenvalue weighted by atomic mass is 16.5. The molecule has 7 heteroatoms. The van der Waals surface area contributed by atoms with Gasteiger partial charge in [-0.15, -0.1) is 0 Å². The third-order valence-electron chi connectivity index (χ3n) is 5.65. The van der Waals surface area contributed by atoms with Crippen LogP contribution in [0.15, 0.2) is 29.3 Å². The summed E-state index contributed by atoms with van der Waals surface area (Å²) in [6.45, 7) is 8.07. The van der Waals surface area contributed by atoms with Crippen LogP contribution in [-0.2, 0) is 4.74 Å². The summed E-state index contributed by atoms with van der Waals surface area (Å²) in [5, 5.41) is 6.96. The predicted octanol–water partition coefficient (Wildman–Crippen LogP) is 2.13.